The average molecular weight is 444 g/mol. The molecule has 2 N–H and O–H groups in total. The number of hydrogen-bond donors (Lipinski definition) is 2. The van der Waals surface area contributed by atoms with Crippen molar-refractivity contribution in [1.82, 2.24) is 15.2 Å². The standard InChI is InChI=1S/C20H27F3N4O4/c1-19(2,3)10-16(28)27-8-7-12(9-14(27)17(29)31-4)25-18(30)26-13-5-6-15(24-11-13)20(21,22)23/h5-6,11-12,14H,7-10H2,1-4H3,(H2,25,26,30)/t12?,14-/m1/s1. The quantitative estimate of drug-likeness (QED) is 0.695. The van der Waals surface area contributed by atoms with Gasteiger partial charge < -0.3 is 20.3 Å². The Morgan fingerprint density at radius 2 is 1.90 bits per heavy atom. The smallest absolute Gasteiger partial charge is 0.433 e. The van der Waals surface area contributed by atoms with Crippen molar-refractivity contribution in [3.63, 3.8) is 0 Å². The first kappa shape index (κ1) is 24.4. The highest BCUT2D eigenvalue weighted by Gasteiger charge is 2.38. The minimum absolute atomic E-state index is 0.0906. The number of esters is 1. The summed E-state index contributed by atoms with van der Waals surface area (Å²) < 4.78 is 42.5. The molecule has 1 aliphatic rings. The van der Waals surface area contributed by atoms with Crippen molar-refractivity contribution >= 4 is 23.6 Å². The average Bonchev–Trinajstić information content (AvgIpc) is 2.65. The fourth-order valence-electron chi connectivity index (χ4n) is 3.30. The molecule has 2 heterocycles. The van der Waals surface area contributed by atoms with Crippen LogP contribution in [0.15, 0.2) is 18.3 Å². The highest BCUT2D eigenvalue weighted by Crippen LogP contribution is 2.28. The van der Waals surface area contributed by atoms with E-state index in [1.807, 2.05) is 20.8 Å². The summed E-state index contributed by atoms with van der Waals surface area (Å²) in [5.74, 6) is -0.734. The summed E-state index contributed by atoms with van der Waals surface area (Å²) in [6.07, 6.45) is -2.81. The zero-order chi connectivity index (χ0) is 23.4. The van der Waals surface area contributed by atoms with Gasteiger partial charge in [-0.1, -0.05) is 20.8 Å². The van der Waals surface area contributed by atoms with E-state index < -0.39 is 36.0 Å². The Labute approximate surface area is 178 Å². The summed E-state index contributed by atoms with van der Waals surface area (Å²) in [6.45, 7) is 6.04. The van der Waals surface area contributed by atoms with Crippen molar-refractivity contribution in [3.8, 4) is 0 Å². The molecular weight excluding hydrogens is 417 g/mol. The summed E-state index contributed by atoms with van der Waals surface area (Å²) in [4.78, 5) is 41.9. The number of aromatic nitrogens is 1. The number of urea groups is 1. The van der Waals surface area contributed by atoms with Crippen LogP contribution < -0.4 is 10.6 Å². The normalized spacial score (nSPS) is 19.5. The molecule has 172 valence electrons. The largest absolute Gasteiger partial charge is 0.467 e. The van der Waals surface area contributed by atoms with Gasteiger partial charge in [-0.25, -0.2) is 14.6 Å². The van der Waals surface area contributed by atoms with Gasteiger partial charge in [-0.05, 0) is 30.4 Å². The van der Waals surface area contributed by atoms with Crippen LogP contribution in [0.5, 0.6) is 0 Å². The maximum absolute atomic E-state index is 12.6. The van der Waals surface area contributed by atoms with Gasteiger partial charge in [0.2, 0.25) is 5.91 Å². The molecule has 0 bridgehead atoms. The van der Waals surface area contributed by atoms with E-state index in [1.165, 1.54) is 12.0 Å². The van der Waals surface area contributed by atoms with Gasteiger partial charge in [0.05, 0.1) is 19.0 Å². The SMILES string of the molecule is COC(=O)[C@H]1CC(NC(=O)Nc2ccc(C(F)(F)F)nc2)CCN1C(=O)CC(C)(C)C. The predicted molar refractivity (Wildman–Crippen MR) is 106 cm³/mol. The first-order valence-electron chi connectivity index (χ1n) is 9.78. The van der Waals surface area contributed by atoms with Gasteiger partial charge in [-0.3, -0.25) is 4.79 Å². The summed E-state index contributed by atoms with van der Waals surface area (Å²) in [6, 6.07) is -0.0377. The molecule has 1 aliphatic heterocycles. The van der Waals surface area contributed by atoms with E-state index in [2.05, 4.69) is 15.6 Å². The lowest BCUT2D eigenvalue weighted by Gasteiger charge is -2.39. The van der Waals surface area contributed by atoms with E-state index in [0.29, 0.717) is 6.42 Å². The Bertz CT molecular complexity index is 806. The van der Waals surface area contributed by atoms with Crippen molar-refractivity contribution < 1.29 is 32.3 Å². The Hall–Kier alpha value is -2.85. The number of methoxy groups -OCH3 is 1. The van der Waals surface area contributed by atoms with Gasteiger partial charge >= 0.3 is 18.2 Å². The monoisotopic (exact) mass is 444 g/mol. The number of halogens is 3. The molecule has 1 fully saturated rings. The number of piperidine rings is 1. The van der Waals surface area contributed by atoms with Gasteiger partial charge in [-0.2, -0.15) is 13.2 Å². The second-order valence-corrected chi connectivity index (χ2v) is 8.61. The van der Waals surface area contributed by atoms with E-state index in [1.54, 1.807) is 0 Å². The van der Waals surface area contributed by atoms with Crippen molar-refractivity contribution in [2.75, 3.05) is 19.0 Å². The number of amides is 3. The summed E-state index contributed by atoms with van der Waals surface area (Å²) >= 11 is 0. The van der Waals surface area contributed by atoms with Crippen LogP contribution in [-0.4, -0.2) is 53.5 Å². The van der Waals surface area contributed by atoms with Gasteiger partial charge in [0, 0.05) is 19.0 Å². The molecule has 8 nitrogen and oxygen atoms in total. The Kier molecular flexibility index (Phi) is 7.50. The molecule has 1 aromatic rings. The molecule has 11 heteroatoms. The number of rotatable bonds is 4. The summed E-state index contributed by atoms with van der Waals surface area (Å²) in [7, 11) is 1.23. The second-order valence-electron chi connectivity index (χ2n) is 8.61. The lowest BCUT2D eigenvalue weighted by molar-refractivity contribution is -0.155. The molecule has 1 aromatic heterocycles. The van der Waals surface area contributed by atoms with Crippen molar-refractivity contribution in [1.29, 1.82) is 0 Å². The van der Waals surface area contributed by atoms with Gasteiger partial charge in [0.1, 0.15) is 11.7 Å². The fraction of sp³-hybridized carbons (Fsp3) is 0.600. The van der Waals surface area contributed by atoms with Crippen LogP contribution in [0.25, 0.3) is 0 Å². The minimum Gasteiger partial charge on any atom is -0.467 e. The molecule has 3 amide bonds. The molecule has 0 spiro atoms. The van der Waals surface area contributed by atoms with Crippen LogP contribution in [0.3, 0.4) is 0 Å². The van der Waals surface area contributed by atoms with E-state index >= 15 is 0 Å². The van der Waals surface area contributed by atoms with Crippen LogP contribution >= 0.6 is 0 Å². The molecule has 0 radical (unpaired) electrons. The second kappa shape index (κ2) is 9.52. The number of hydrogen-bond acceptors (Lipinski definition) is 5. The number of ether oxygens (including phenoxy) is 1. The van der Waals surface area contributed by atoms with Crippen molar-refractivity contribution in [2.24, 2.45) is 5.41 Å². The number of pyridine rings is 1. The number of carbonyl (C=O) groups is 3. The lowest BCUT2D eigenvalue weighted by atomic mass is 9.89. The number of likely N-dealkylation sites (tertiary alicyclic amines) is 1. The number of alkyl halides is 3. The van der Waals surface area contributed by atoms with Crippen LogP contribution in [0.4, 0.5) is 23.7 Å². The third-order valence-electron chi connectivity index (χ3n) is 4.72. The summed E-state index contributed by atoms with van der Waals surface area (Å²) in [5.41, 5.74) is -1.22. The first-order valence-corrected chi connectivity index (χ1v) is 9.78. The highest BCUT2D eigenvalue weighted by molar-refractivity contribution is 5.89. The van der Waals surface area contributed by atoms with Crippen LogP contribution in [0, 0.1) is 5.41 Å². The zero-order valence-corrected chi connectivity index (χ0v) is 17.9. The van der Waals surface area contributed by atoms with Crippen LogP contribution in [0.2, 0.25) is 0 Å². The van der Waals surface area contributed by atoms with E-state index in [-0.39, 0.29) is 36.4 Å². The maximum atomic E-state index is 12.6. The van der Waals surface area contributed by atoms with Gasteiger partial charge in [0.15, 0.2) is 0 Å². The molecule has 0 saturated carbocycles. The third-order valence-corrected chi connectivity index (χ3v) is 4.72. The first-order chi connectivity index (χ1) is 14.3. The predicted octanol–water partition coefficient (Wildman–Crippen LogP) is 3.19. The molecule has 2 atom stereocenters. The maximum Gasteiger partial charge on any atom is 0.433 e. The van der Waals surface area contributed by atoms with Gasteiger partial charge in [-0.15, -0.1) is 0 Å². The Morgan fingerprint density at radius 3 is 2.42 bits per heavy atom. The van der Waals surface area contributed by atoms with Gasteiger partial charge in [0.25, 0.3) is 0 Å². The fourth-order valence-corrected chi connectivity index (χ4v) is 3.30. The van der Waals surface area contributed by atoms with Crippen LogP contribution in [-0.2, 0) is 20.5 Å². The van der Waals surface area contributed by atoms with E-state index in [0.717, 1.165) is 18.3 Å². The lowest BCUT2D eigenvalue weighted by Crippen LogP contribution is -2.56. The minimum atomic E-state index is -4.57. The Morgan fingerprint density at radius 1 is 1.23 bits per heavy atom. The van der Waals surface area contributed by atoms with E-state index in [9.17, 15) is 27.6 Å². The molecule has 0 aromatic carbocycles. The number of carbonyl (C=O) groups excluding carboxylic acids is 3. The molecule has 31 heavy (non-hydrogen) atoms. The highest BCUT2D eigenvalue weighted by atomic mass is 19.4. The number of nitrogens with zero attached hydrogens (tertiary/aromatic N) is 2. The molecule has 1 unspecified atom stereocenters. The summed E-state index contributed by atoms with van der Waals surface area (Å²) in [5, 5.41) is 5.10. The van der Waals surface area contributed by atoms with Crippen LogP contribution in [0.1, 0.15) is 45.7 Å². The topological polar surface area (TPSA) is 101 Å². The molecular formula is C20H27F3N4O4. The zero-order valence-electron chi connectivity index (χ0n) is 17.9. The van der Waals surface area contributed by atoms with Crippen molar-refractivity contribution in [2.45, 2.75) is 58.3 Å². The Balaban J connectivity index is 1.99. The van der Waals surface area contributed by atoms with E-state index in [4.69, 9.17) is 4.74 Å². The van der Waals surface area contributed by atoms with Crippen molar-refractivity contribution in [3.05, 3.63) is 24.0 Å². The molecule has 2 rings (SSSR count). The molecule has 0 aliphatic carbocycles. The number of nitrogens with one attached hydrogen (secondary N) is 2. The number of anilines is 1. The third kappa shape index (κ3) is 7.11. The molecule has 1 saturated heterocycles.